The van der Waals surface area contributed by atoms with Crippen LogP contribution in [0.4, 0.5) is 10.5 Å². The Bertz CT molecular complexity index is 1470. The van der Waals surface area contributed by atoms with E-state index >= 15 is 0 Å². The average molecular weight is 600 g/mol. The first kappa shape index (κ1) is 31.9. The number of primary amides is 1. The van der Waals surface area contributed by atoms with Crippen molar-refractivity contribution in [1.29, 1.82) is 0 Å². The first-order chi connectivity index (χ1) is 19.8. The van der Waals surface area contributed by atoms with E-state index in [0.29, 0.717) is 11.3 Å². The van der Waals surface area contributed by atoms with Crippen molar-refractivity contribution in [3.8, 4) is 5.75 Å². The Hall–Kier alpha value is -4.06. The van der Waals surface area contributed by atoms with Crippen LogP contribution in [-0.2, 0) is 32.1 Å². The lowest BCUT2D eigenvalue weighted by Crippen LogP contribution is -2.62. The van der Waals surface area contributed by atoms with Gasteiger partial charge in [-0.25, -0.2) is 4.79 Å². The van der Waals surface area contributed by atoms with Crippen LogP contribution in [0.5, 0.6) is 5.75 Å². The van der Waals surface area contributed by atoms with Crippen LogP contribution < -0.4 is 16.0 Å². The first-order valence-electron chi connectivity index (χ1n) is 14.3. The number of aromatic hydroxyl groups is 1. The Morgan fingerprint density at radius 2 is 1.81 bits per heavy atom. The SMILES string of the molecule is CC(C)[C@@H]1C(=O)C(C(N)=O)=C(O)[C@@]2(O)C(=O)C3=C(O)c4c(O)c(CNC(=O)OCC(C)(C)C)cc(N(C)C)c4C[C@H]3C[C@@H]12. The molecule has 7 N–H and O–H groups in total. The number of nitrogens with two attached hydrogens (primary N) is 1. The highest BCUT2D eigenvalue weighted by molar-refractivity contribution is 6.23. The molecule has 0 radical (unpaired) electrons. The number of aliphatic hydroxyl groups excluding tert-OH is 2. The van der Waals surface area contributed by atoms with Gasteiger partial charge in [-0.1, -0.05) is 34.6 Å². The van der Waals surface area contributed by atoms with Gasteiger partial charge >= 0.3 is 6.09 Å². The Labute approximate surface area is 250 Å². The number of carbonyl (C=O) groups excluding carboxylic acids is 4. The number of carbonyl (C=O) groups is 4. The Morgan fingerprint density at radius 3 is 2.35 bits per heavy atom. The predicted octanol–water partition coefficient (Wildman–Crippen LogP) is 2.64. The molecular formula is C31H41N3O9. The minimum Gasteiger partial charge on any atom is -0.508 e. The molecule has 12 heteroatoms. The van der Waals surface area contributed by atoms with Gasteiger partial charge in [-0.15, -0.1) is 0 Å². The molecule has 0 aliphatic heterocycles. The number of amides is 2. The van der Waals surface area contributed by atoms with Crippen molar-refractivity contribution >= 4 is 35.0 Å². The van der Waals surface area contributed by atoms with E-state index in [4.69, 9.17) is 10.5 Å². The number of nitrogens with zero attached hydrogens (tertiary/aromatic N) is 1. The lowest BCUT2D eigenvalue weighted by molar-refractivity contribution is -0.155. The first-order valence-corrected chi connectivity index (χ1v) is 14.3. The highest BCUT2D eigenvalue weighted by Crippen LogP contribution is 2.55. The summed E-state index contributed by atoms with van der Waals surface area (Å²) in [6.07, 6.45) is -0.500. The Balaban J connectivity index is 1.84. The second-order valence-corrected chi connectivity index (χ2v) is 13.5. The van der Waals surface area contributed by atoms with E-state index in [-0.39, 0.29) is 53.9 Å². The molecule has 234 valence electrons. The van der Waals surface area contributed by atoms with Crippen LogP contribution in [0.1, 0.15) is 57.7 Å². The van der Waals surface area contributed by atoms with Gasteiger partial charge < -0.3 is 41.1 Å². The van der Waals surface area contributed by atoms with Crippen molar-refractivity contribution in [2.75, 3.05) is 25.6 Å². The summed E-state index contributed by atoms with van der Waals surface area (Å²) in [4.78, 5) is 53.6. The zero-order valence-corrected chi connectivity index (χ0v) is 25.6. The van der Waals surface area contributed by atoms with Gasteiger partial charge in [0.25, 0.3) is 5.91 Å². The summed E-state index contributed by atoms with van der Waals surface area (Å²) < 4.78 is 5.24. The second-order valence-electron chi connectivity index (χ2n) is 13.5. The van der Waals surface area contributed by atoms with Crippen LogP contribution >= 0.6 is 0 Å². The third kappa shape index (κ3) is 5.21. The minimum atomic E-state index is -2.68. The van der Waals surface area contributed by atoms with Crippen molar-refractivity contribution in [3.63, 3.8) is 0 Å². The number of phenolic OH excluding ortho intramolecular Hbond substituents is 1. The maximum atomic E-state index is 14.1. The molecule has 0 aromatic heterocycles. The maximum Gasteiger partial charge on any atom is 0.407 e. The smallest absolute Gasteiger partial charge is 0.407 e. The highest BCUT2D eigenvalue weighted by atomic mass is 16.5. The molecule has 0 bridgehead atoms. The molecule has 3 aliphatic rings. The number of phenols is 1. The quantitative estimate of drug-likeness (QED) is 0.264. The summed E-state index contributed by atoms with van der Waals surface area (Å²) in [5.74, 6) is -8.32. The van der Waals surface area contributed by atoms with Gasteiger partial charge in [0.15, 0.2) is 11.4 Å². The van der Waals surface area contributed by atoms with Crippen molar-refractivity contribution in [1.82, 2.24) is 5.32 Å². The molecule has 0 heterocycles. The maximum absolute atomic E-state index is 14.1. The fourth-order valence-corrected chi connectivity index (χ4v) is 6.62. The topological polar surface area (TPSA) is 200 Å². The number of Topliss-reactive ketones (excluding diaryl/α,β-unsaturated/α-hetero) is 2. The largest absolute Gasteiger partial charge is 0.508 e. The average Bonchev–Trinajstić information content (AvgIpc) is 2.88. The molecule has 1 fully saturated rings. The van der Waals surface area contributed by atoms with E-state index in [1.807, 2.05) is 20.8 Å². The Morgan fingerprint density at radius 1 is 1.19 bits per heavy atom. The summed E-state index contributed by atoms with van der Waals surface area (Å²) in [6, 6.07) is 1.67. The third-order valence-corrected chi connectivity index (χ3v) is 8.57. The molecule has 4 rings (SSSR count). The van der Waals surface area contributed by atoms with Gasteiger partial charge in [0.2, 0.25) is 5.78 Å². The zero-order chi connectivity index (χ0) is 32.3. The van der Waals surface area contributed by atoms with Crippen molar-refractivity contribution in [2.24, 2.45) is 34.8 Å². The zero-order valence-electron chi connectivity index (χ0n) is 25.6. The van der Waals surface area contributed by atoms with Crippen LogP contribution in [0.15, 0.2) is 23.0 Å². The van der Waals surface area contributed by atoms with E-state index in [2.05, 4.69) is 5.32 Å². The van der Waals surface area contributed by atoms with Gasteiger partial charge in [-0.05, 0) is 41.7 Å². The van der Waals surface area contributed by atoms with Crippen LogP contribution in [0.2, 0.25) is 0 Å². The molecule has 0 saturated heterocycles. The number of nitrogens with one attached hydrogen (secondary N) is 1. The van der Waals surface area contributed by atoms with E-state index in [0.717, 1.165) is 0 Å². The number of hydrogen-bond acceptors (Lipinski definition) is 10. The lowest BCUT2D eigenvalue weighted by Gasteiger charge is -2.50. The monoisotopic (exact) mass is 599 g/mol. The minimum absolute atomic E-state index is 0.0301. The van der Waals surface area contributed by atoms with E-state index < -0.39 is 69.9 Å². The summed E-state index contributed by atoms with van der Waals surface area (Å²) in [5, 5.41) is 48.3. The number of hydrogen-bond donors (Lipinski definition) is 6. The number of ether oxygens (including phenoxy) is 1. The standard InChI is InChI=1S/C31H41N3O9/c1-13(2)19-17-9-14-8-16-18(34(6)7)10-15(11-33-29(41)43-12-30(3,4)5)23(35)21(16)25(37)20(14)26(38)31(17,42)27(39)22(24(19)36)28(32)40/h10,13-14,17,19,35,37,39,42H,8-9,11-12H2,1-7H3,(H2,32,40)(H,33,41)/t14-,17-,19-,31-/m0/s1. The van der Waals surface area contributed by atoms with Crippen LogP contribution in [0.3, 0.4) is 0 Å². The van der Waals surface area contributed by atoms with E-state index in [9.17, 15) is 39.6 Å². The summed E-state index contributed by atoms with van der Waals surface area (Å²) in [7, 11) is 3.54. The Kier molecular flexibility index (Phi) is 8.07. The molecule has 2 amide bonds. The highest BCUT2D eigenvalue weighted by Gasteiger charge is 2.64. The van der Waals surface area contributed by atoms with Gasteiger partial charge in [0.1, 0.15) is 22.8 Å². The predicted molar refractivity (Wildman–Crippen MR) is 157 cm³/mol. The number of rotatable bonds is 6. The summed E-state index contributed by atoms with van der Waals surface area (Å²) >= 11 is 0. The van der Waals surface area contributed by atoms with Gasteiger partial charge in [0.05, 0.1) is 12.2 Å². The molecule has 1 aromatic rings. The van der Waals surface area contributed by atoms with Gasteiger partial charge in [0, 0.05) is 49.3 Å². The number of ketones is 2. The molecule has 3 aliphatic carbocycles. The van der Waals surface area contributed by atoms with Crippen molar-refractivity contribution in [2.45, 2.75) is 59.6 Å². The number of benzene rings is 1. The van der Waals surface area contributed by atoms with Crippen LogP contribution in [0, 0.1) is 29.1 Å². The second kappa shape index (κ2) is 10.9. The number of alkyl carbamates (subject to hydrolysis) is 1. The normalized spacial score (nSPS) is 25.3. The molecular weight excluding hydrogens is 558 g/mol. The van der Waals surface area contributed by atoms with Gasteiger partial charge in [-0.3, -0.25) is 14.4 Å². The molecule has 12 nitrogen and oxygen atoms in total. The number of anilines is 1. The number of fused-ring (bicyclic) bond motifs is 3. The fourth-order valence-electron chi connectivity index (χ4n) is 6.62. The van der Waals surface area contributed by atoms with Crippen LogP contribution in [0.25, 0.3) is 5.76 Å². The molecule has 4 atom stereocenters. The molecule has 1 saturated carbocycles. The molecule has 0 spiro atoms. The van der Waals surface area contributed by atoms with Crippen LogP contribution in [-0.4, -0.2) is 70.3 Å². The molecule has 1 aromatic carbocycles. The fraction of sp³-hybridized carbons (Fsp3) is 0.548. The molecule has 43 heavy (non-hydrogen) atoms. The third-order valence-electron chi connectivity index (χ3n) is 8.57. The number of aliphatic hydroxyl groups is 3. The van der Waals surface area contributed by atoms with E-state index in [1.54, 1.807) is 38.9 Å². The van der Waals surface area contributed by atoms with Crippen molar-refractivity contribution < 1.29 is 44.3 Å². The van der Waals surface area contributed by atoms with Crippen molar-refractivity contribution in [3.05, 3.63) is 39.7 Å². The summed E-state index contributed by atoms with van der Waals surface area (Å²) in [6.45, 7) is 9.16. The molecule has 0 unspecified atom stereocenters. The van der Waals surface area contributed by atoms with Gasteiger partial charge in [-0.2, -0.15) is 0 Å². The summed E-state index contributed by atoms with van der Waals surface area (Å²) in [5.41, 5.74) is 2.75. The lowest BCUT2D eigenvalue weighted by atomic mass is 9.54. The van der Waals surface area contributed by atoms with E-state index in [1.165, 1.54) is 0 Å².